The first kappa shape index (κ1) is 21.3. The van der Waals surface area contributed by atoms with E-state index in [1.54, 1.807) is 29.7 Å². The zero-order chi connectivity index (χ0) is 21.8. The number of aromatic nitrogens is 1. The van der Waals surface area contributed by atoms with Gasteiger partial charge in [-0.1, -0.05) is 18.2 Å². The molecule has 0 radical (unpaired) electrons. The van der Waals surface area contributed by atoms with E-state index in [0.717, 1.165) is 30.6 Å². The van der Waals surface area contributed by atoms with Crippen LogP contribution in [0.15, 0.2) is 65.0 Å². The molecule has 4 rings (SSSR count). The van der Waals surface area contributed by atoms with E-state index in [1.807, 2.05) is 5.38 Å². The lowest BCUT2D eigenvalue weighted by atomic mass is 10.1. The molecule has 1 fully saturated rings. The molecule has 0 saturated carbocycles. The minimum Gasteiger partial charge on any atom is -0.350 e. The molecule has 162 valence electrons. The average Bonchev–Trinajstić information content (AvgIpc) is 3.43. The summed E-state index contributed by atoms with van der Waals surface area (Å²) in [6.45, 7) is 1.37. The van der Waals surface area contributed by atoms with Gasteiger partial charge in [0.15, 0.2) is 5.13 Å². The van der Waals surface area contributed by atoms with E-state index in [2.05, 4.69) is 19.9 Å². The first-order valence-corrected chi connectivity index (χ1v) is 12.1. The van der Waals surface area contributed by atoms with E-state index in [0.29, 0.717) is 12.1 Å². The number of hydrogen-bond donors (Lipinski definition) is 2. The molecule has 31 heavy (non-hydrogen) atoms. The van der Waals surface area contributed by atoms with Gasteiger partial charge in [-0.2, -0.15) is 0 Å². The van der Waals surface area contributed by atoms with Gasteiger partial charge in [0.2, 0.25) is 0 Å². The topological polar surface area (TPSA) is 91.4 Å². The summed E-state index contributed by atoms with van der Waals surface area (Å²) in [6, 6.07) is 11.4. The van der Waals surface area contributed by atoms with Crippen molar-refractivity contribution in [2.24, 2.45) is 0 Å². The van der Waals surface area contributed by atoms with Gasteiger partial charge in [-0.05, 0) is 43.2 Å². The van der Waals surface area contributed by atoms with E-state index in [4.69, 9.17) is 0 Å². The molecule has 1 amide bonds. The third kappa shape index (κ3) is 4.86. The molecule has 1 aliphatic heterocycles. The van der Waals surface area contributed by atoms with Crippen molar-refractivity contribution in [3.63, 3.8) is 0 Å². The number of anilines is 2. The van der Waals surface area contributed by atoms with E-state index in [9.17, 15) is 17.6 Å². The SMILES string of the molecule is O=C(NCC1CCCN1c1nccs1)c1cccc(NS(=O)(=O)c2ccccc2F)c1. The zero-order valence-electron chi connectivity index (χ0n) is 16.5. The van der Waals surface area contributed by atoms with Crippen LogP contribution in [0.2, 0.25) is 0 Å². The lowest BCUT2D eigenvalue weighted by molar-refractivity contribution is 0.0951. The van der Waals surface area contributed by atoms with Crippen molar-refractivity contribution in [2.75, 3.05) is 22.7 Å². The highest BCUT2D eigenvalue weighted by molar-refractivity contribution is 7.92. The number of carbonyl (C=O) groups excluding carboxylic acids is 1. The first-order valence-electron chi connectivity index (χ1n) is 9.76. The van der Waals surface area contributed by atoms with Gasteiger partial charge in [0.05, 0.1) is 0 Å². The maximum Gasteiger partial charge on any atom is 0.264 e. The van der Waals surface area contributed by atoms with Gasteiger partial charge in [-0.25, -0.2) is 17.8 Å². The lowest BCUT2D eigenvalue weighted by Gasteiger charge is -2.24. The van der Waals surface area contributed by atoms with Crippen LogP contribution in [0.1, 0.15) is 23.2 Å². The fourth-order valence-electron chi connectivity index (χ4n) is 3.57. The number of thiazole rings is 1. The van der Waals surface area contributed by atoms with Crippen molar-refractivity contribution in [1.29, 1.82) is 0 Å². The molecule has 0 aliphatic carbocycles. The maximum atomic E-state index is 13.9. The zero-order valence-corrected chi connectivity index (χ0v) is 18.1. The molecule has 1 aliphatic rings. The molecule has 2 N–H and O–H groups in total. The Hall–Kier alpha value is -2.98. The van der Waals surface area contributed by atoms with Gasteiger partial charge in [0, 0.05) is 42.0 Å². The Labute approximate surface area is 184 Å². The molecule has 1 saturated heterocycles. The minimum atomic E-state index is -4.11. The van der Waals surface area contributed by atoms with Crippen LogP contribution in [0.3, 0.4) is 0 Å². The van der Waals surface area contributed by atoms with Crippen LogP contribution in [0, 0.1) is 5.82 Å². The molecular formula is C21H21FN4O3S2. The van der Waals surface area contributed by atoms with Crippen molar-refractivity contribution < 1.29 is 17.6 Å². The Bertz CT molecular complexity index is 1170. The van der Waals surface area contributed by atoms with E-state index < -0.39 is 20.7 Å². The number of rotatable bonds is 7. The number of benzene rings is 2. The van der Waals surface area contributed by atoms with Crippen molar-refractivity contribution in [3.05, 3.63) is 71.5 Å². The molecule has 2 heterocycles. The summed E-state index contributed by atoms with van der Waals surface area (Å²) >= 11 is 1.57. The van der Waals surface area contributed by atoms with Crippen LogP contribution in [0.5, 0.6) is 0 Å². The molecule has 3 aromatic rings. The number of carbonyl (C=O) groups is 1. The summed E-state index contributed by atoms with van der Waals surface area (Å²) < 4.78 is 41.2. The Morgan fingerprint density at radius 3 is 2.84 bits per heavy atom. The summed E-state index contributed by atoms with van der Waals surface area (Å²) in [5.74, 6) is -1.15. The molecule has 10 heteroatoms. The van der Waals surface area contributed by atoms with Crippen LogP contribution in [0.25, 0.3) is 0 Å². The highest BCUT2D eigenvalue weighted by Gasteiger charge is 2.27. The van der Waals surface area contributed by atoms with E-state index >= 15 is 0 Å². The second kappa shape index (κ2) is 9.03. The number of hydrogen-bond acceptors (Lipinski definition) is 6. The fourth-order valence-corrected chi connectivity index (χ4v) is 5.44. The summed E-state index contributed by atoms with van der Waals surface area (Å²) in [7, 11) is -4.11. The third-order valence-corrected chi connectivity index (χ3v) is 7.27. The largest absolute Gasteiger partial charge is 0.350 e. The molecule has 0 spiro atoms. The quantitative estimate of drug-likeness (QED) is 0.563. The highest BCUT2D eigenvalue weighted by atomic mass is 32.2. The van der Waals surface area contributed by atoms with Gasteiger partial charge in [-0.3, -0.25) is 9.52 Å². The number of nitrogens with one attached hydrogen (secondary N) is 2. The van der Waals surface area contributed by atoms with Crippen LogP contribution in [-0.4, -0.2) is 38.4 Å². The Morgan fingerprint density at radius 1 is 1.23 bits per heavy atom. The summed E-state index contributed by atoms with van der Waals surface area (Å²) in [4.78, 5) is 18.8. The molecule has 2 aromatic carbocycles. The number of amides is 1. The number of halogens is 1. The van der Waals surface area contributed by atoms with Crippen molar-refractivity contribution in [2.45, 2.75) is 23.8 Å². The van der Waals surface area contributed by atoms with Gasteiger partial charge >= 0.3 is 0 Å². The fraction of sp³-hybridized carbons (Fsp3) is 0.238. The van der Waals surface area contributed by atoms with Crippen molar-refractivity contribution in [3.8, 4) is 0 Å². The maximum absolute atomic E-state index is 13.9. The van der Waals surface area contributed by atoms with Crippen LogP contribution >= 0.6 is 11.3 Å². The first-order chi connectivity index (χ1) is 14.9. The molecule has 0 bridgehead atoms. The van der Waals surface area contributed by atoms with Crippen LogP contribution < -0.4 is 14.9 Å². The van der Waals surface area contributed by atoms with Crippen molar-refractivity contribution in [1.82, 2.24) is 10.3 Å². The molecule has 1 unspecified atom stereocenters. The van der Waals surface area contributed by atoms with Gasteiger partial charge < -0.3 is 10.2 Å². The van der Waals surface area contributed by atoms with Crippen molar-refractivity contribution >= 4 is 38.1 Å². The van der Waals surface area contributed by atoms with E-state index in [1.165, 1.54) is 30.3 Å². The molecule has 7 nitrogen and oxygen atoms in total. The predicted molar refractivity (Wildman–Crippen MR) is 118 cm³/mol. The normalized spacial score (nSPS) is 16.3. The van der Waals surface area contributed by atoms with Gasteiger partial charge in [-0.15, -0.1) is 11.3 Å². The summed E-state index contributed by atoms with van der Waals surface area (Å²) in [5, 5.41) is 5.80. The Morgan fingerprint density at radius 2 is 2.06 bits per heavy atom. The minimum absolute atomic E-state index is 0.165. The predicted octanol–water partition coefficient (Wildman–Crippen LogP) is 3.48. The Kier molecular flexibility index (Phi) is 6.19. The monoisotopic (exact) mass is 460 g/mol. The van der Waals surface area contributed by atoms with Crippen LogP contribution in [0.4, 0.5) is 15.2 Å². The standard InChI is InChI=1S/C21H21FN4O3S2/c22-18-8-1-2-9-19(18)31(28,29)25-16-6-3-5-15(13-16)20(27)24-14-17-7-4-11-26(17)21-23-10-12-30-21/h1-3,5-6,8-10,12-13,17,25H,4,7,11,14H2,(H,24,27). The second-order valence-electron chi connectivity index (χ2n) is 7.13. The average molecular weight is 461 g/mol. The van der Waals surface area contributed by atoms with Gasteiger partial charge in [0.1, 0.15) is 10.7 Å². The number of nitrogens with zero attached hydrogens (tertiary/aromatic N) is 2. The Balaban J connectivity index is 1.42. The second-order valence-corrected chi connectivity index (χ2v) is 9.65. The molecular weight excluding hydrogens is 439 g/mol. The smallest absolute Gasteiger partial charge is 0.264 e. The summed E-state index contributed by atoms with van der Waals surface area (Å²) in [6.07, 6.45) is 3.76. The lowest BCUT2D eigenvalue weighted by Crippen LogP contribution is -2.40. The third-order valence-electron chi connectivity index (χ3n) is 5.04. The molecule has 1 aromatic heterocycles. The van der Waals surface area contributed by atoms with Crippen LogP contribution in [-0.2, 0) is 10.0 Å². The van der Waals surface area contributed by atoms with E-state index in [-0.39, 0.29) is 17.6 Å². The molecule has 1 atom stereocenters. The summed E-state index contributed by atoms with van der Waals surface area (Å²) in [5.41, 5.74) is 0.494. The number of sulfonamides is 1. The highest BCUT2D eigenvalue weighted by Crippen LogP contribution is 2.27. The van der Waals surface area contributed by atoms with Gasteiger partial charge in [0.25, 0.3) is 15.9 Å².